The lowest BCUT2D eigenvalue weighted by Crippen LogP contribution is -2.33. The summed E-state index contributed by atoms with van der Waals surface area (Å²) in [6.45, 7) is 1.43. The Kier molecular flexibility index (Phi) is 6.08. The minimum absolute atomic E-state index is 0.0753. The molecule has 0 aliphatic heterocycles. The molecule has 0 heterocycles. The van der Waals surface area contributed by atoms with Gasteiger partial charge in [-0.1, -0.05) is 6.92 Å². The summed E-state index contributed by atoms with van der Waals surface area (Å²) < 4.78 is 25.7. The standard InChI is InChI=1S/C12H18N2O5S/c1-2-14-20(18,19)11-5-3-9(4-6-11)12(17)13-7-10(16)8-15/h3-6,10,14-16H,2,7-8H2,1H3,(H,13,17). The van der Waals surface area contributed by atoms with Gasteiger partial charge in [-0.25, -0.2) is 13.1 Å². The molecule has 1 rings (SSSR count). The Balaban J connectivity index is 2.74. The van der Waals surface area contributed by atoms with Crippen LogP contribution in [0.15, 0.2) is 29.2 Å². The molecule has 0 saturated carbocycles. The van der Waals surface area contributed by atoms with Crippen LogP contribution in [0.25, 0.3) is 0 Å². The minimum atomic E-state index is -3.54. The Labute approximate surface area is 117 Å². The number of hydrogen-bond acceptors (Lipinski definition) is 5. The lowest BCUT2D eigenvalue weighted by molar-refractivity contribution is 0.0802. The van der Waals surface area contributed by atoms with E-state index in [1.54, 1.807) is 6.92 Å². The van der Waals surface area contributed by atoms with Crippen LogP contribution >= 0.6 is 0 Å². The summed E-state index contributed by atoms with van der Waals surface area (Å²) in [5, 5.41) is 20.1. The van der Waals surface area contributed by atoms with Crippen molar-refractivity contribution in [2.45, 2.75) is 17.9 Å². The monoisotopic (exact) mass is 302 g/mol. The molecule has 8 heteroatoms. The minimum Gasteiger partial charge on any atom is -0.394 e. The van der Waals surface area contributed by atoms with E-state index in [4.69, 9.17) is 10.2 Å². The smallest absolute Gasteiger partial charge is 0.251 e. The second kappa shape index (κ2) is 7.34. The molecule has 0 bridgehead atoms. The van der Waals surface area contributed by atoms with Crippen LogP contribution in [-0.2, 0) is 10.0 Å². The molecule has 0 spiro atoms. The normalized spacial score (nSPS) is 12.9. The predicted molar refractivity (Wildman–Crippen MR) is 72.7 cm³/mol. The third-order valence-corrected chi connectivity index (χ3v) is 4.03. The van der Waals surface area contributed by atoms with E-state index in [9.17, 15) is 13.2 Å². The van der Waals surface area contributed by atoms with Crippen molar-refractivity contribution >= 4 is 15.9 Å². The molecule has 1 aromatic carbocycles. The molecule has 0 aliphatic carbocycles. The molecular formula is C12H18N2O5S. The molecular weight excluding hydrogens is 284 g/mol. The third-order valence-electron chi connectivity index (χ3n) is 2.47. The van der Waals surface area contributed by atoms with E-state index in [0.717, 1.165) is 0 Å². The van der Waals surface area contributed by atoms with E-state index in [0.29, 0.717) is 0 Å². The first-order chi connectivity index (χ1) is 9.40. The van der Waals surface area contributed by atoms with Crippen molar-refractivity contribution in [2.24, 2.45) is 0 Å². The largest absolute Gasteiger partial charge is 0.394 e. The molecule has 1 aromatic rings. The summed E-state index contributed by atoms with van der Waals surface area (Å²) >= 11 is 0. The van der Waals surface area contributed by atoms with Crippen LogP contribution in [-0.4, -0.2) is 50.3 Å². The molecule has 0 saturated heterocycles. The number of nitrogens with one attached hydrogen (secondary N) is 2. The number of aliphatic hydroxyl groups is 2. The number of carbonyl (C=O) groups is 1. The lowest BCUT2D eigenvalue weighted by atomic mass is 10.2. The fourth-order valence-corrected chi connectivity index (χ4v) is 2.48. The molecule has 0 aliphatic rings. The summed E-state index contributed by atoms with van der Waals surface area (Å²) in [6.07, 6.45) is -1.02. The van der Waals surface area contributed by atoms with Crippen LogP contribution in [0.2, 0.25) is 0 Å². The fraction of sp³-hybridized carbons (Fsp3) is 0.417. The first-order valence-electron chi connectivity index (χ1n) is 6.07. The van der Waals surface area contributed by atoms with Crippen molar-refractivity contribution in [3.63, 3.8) is 0 Å². The first kappa shape index (κ1) is 16.6. The molecule has 1 atom stereocenters. The fourth-order valence-electron chi connectivity index (χ4n) is 1.44. The highest BCUT2D eigenvalue weighted by atomic mass is 32.2. The number of aliphatic hydroxyl groups excluding tert-OH is 2. The van der Waals surface area contributed by atoms with Crippen LogP contribution in [0, 0.1) is 0 Å². The zero-order valence-electron chi connectivity index (χ0n) is 11.0. The zero-order valence-corrected chi connectivity index (χ0v) is 11.9. The van der Waals surface area contributed by atoms with Crippen LogP contribution in [0.3, 0.4) is 0 Å². The van der Waals surface area contributed by atoms with E-state index in [-0.39, 0.29) is 23.5 Å². The molecule has 0 fully saturated rings. The predicted octanol–water partition coefficient (Wildman–Crippen LogP) is -0.932. The van der Waals surface area contributed by atoms with Gasteiger partial charge in [0.25, 0.3) is 5.91 Å². The van der Waals surface area contributed by atoms with Gasteiger partial charge < -0.3 is 15.5 Å². The van der Waals surface area contributed by atoms with E-state index < -0.39 is 28.6 Å². The molecule has 4 N–H and O–H groups in total. The van der Waals surface area contributed by atoms with Crippen LogP contribution in [0.4, 0.5) is 0 Å². The summed E-state index contributed by atoms with van der Waals surface area (Å²) in [6, 6.07) is 5.42. The van der Waals surface area contributed by atoms with Crippen LogP contribution < -0.4 is 10.0 Å². The molecule has 20 heavy (non-hydrogen) atoms. The molecule has 112 valence electrons. The highest BCUT2D eigenvalue weighted by Crippen LogP contribution is 2.10. The number of sulfonamides is 1. The average Bonchev–Trinajstić information content (AvgIpc) is 2.44. The van der Waals surface area contributed by atoms with Crippen molar-refractivity contribution < 1.29 is 23.4 Å². The van der Waals surface area contributed by atoms with Gasteiger partial charge in [0, 0.05) is 18.7 Å². The van der Waals surface area contributed by atoms with Crippen LogP contribution in [0.1, 0.15) is 17.3 Å². The van der Waals surface area contributed by atoms with E-state index in [1.807, 2.05) is 0 Å². The maximum atomic E-state index is 11.7. The topological polar surface area (TPSA) is 116 Å². The number of hydrogen-bond donors (Lipinski definition) is 4. The third kappa shape index (κ3) is 4.57. The molecule has 7 nitrogen and oxygen atoms in total. The van der Waals surface area contributed by atoms with Gasteiger partial charge in [0.05, 0.1) is 17.6 Å². The maximum Gasteiger partial charge on any atom is 0.251 e. The van der Waals surface area contributed by atoms with Gasteiger partial charge in [0.2, 0.25) is 10.0 Å². The Morgan fingerprint density at radius 3 is 2.40 bits per heavy atom. The quantitative estimate of drug-likeness (QED) is 0.519. The van der Waals surface area contributed by atoms with E-state index >= 15 is 0 Å². The van der Waals surface area contributed by atoms with Gasteiger partial charge >= 0.3 is 0 Å². The summed E-state index contributed by atoms with van der Waals surface area (Å²) in [7, 11) is -3.54. The summed E-state index contributed by atoms with van der Waals surface area (Å²) in [5.74, 6) is -0.454. The lowest BCUT2D eigenvalue weighted by Gasteiger charge is -2.09. The summed E-state index contributed by atoms with van der Waals surface area (Å²) in [5.41, 5.74) is 0.269. The first-order valence-corrected chi connectivity index (χ1v) is 7.56. The average molecular weight is 302 g/mol. The van der Waals surface area contributed by atoms with Gasteiger partial charge in [-0.15, -0.1) is 0 Å². The Morgan fingerprint density at radius 1 is 1.30 bits per heavy atom. The molecule has 1 unspecified atom stereocenters. The van der Waals surface area contributed by atoms with E-state index in [1.165, 1.54) is 24.3 Å². The number of carbonyl (C=O) groups excluding carboxylic acids is 1. The van der Waals surface area contributed by atoms with Gasteiger partial charge in [0.1, 0.15) is 0 Å². The van der Waals surface area contributed by atoms with Gasteiger partial charge in [-0.05, 0) is 24.3 Å². The maximum absolute atomic E-state index is 11.7. The molecule has 0 radical (unpaired) electrons. The number of rotatable bonds is 7. The van der Waals surface area contributed by atoms with Crippen molar-refractivity contribution in [1.82, 2.24) is 10.0 Å². The Bertz CT molecular complexity index is 541. The van der Waals surface area contributed by atoms with Crippen LogP contribution in [0.5, 0.6) is 0 Å². The van der Waals surface area contributed by atoms with Gasteiger partial charge in [0.15, 0.2) is 0 Å². The van der Waals surface area contributed by atoms with E-state index in [2.05, 4.69) is 10.0 Å². The van der Waals surface area contributed by atoms with Crippen molar-refractivity contribution in [3.05, 3.63) is 29.8 Å². The summed E-state index contributed by atoms with van der Waals surface area (Å²) in [4.78, 5) is 11.8. The second-order valence-corrected chi connectivity index (χ2v) is 5.84. The zero-order chi connectivity index (χ0) is 15.2. The SMILES string of the molecule is CCNS(=O)(=O)c1ccc(C(=O)NCC(O)CO)cc1. The Hall–Kier alpha value is -1.48. The highest BCUT2D eigenvalue weighted by Gasteiger charge is 2.14. The van der Waals surface area contributed by atoms with Crippen molar-refractivity contribution in [3.8, 4) is 0 Å². The molecule has 0 aromatic heterocycles. The second-order valence-electron chi connectivity index (χ2n) is 4.07. The van der Waals surface area contributed by atoms with Crippen molar-refractivity contribution in [1.29, 1.82) is 0 Å². The number of benzene rings is 1. The van der Waals surface area contributed by atoms with Crippen molar-refractivity contribution in [2.75, 3.05) is 19.7 Å². The number of amides is 1. The highest BCUT2D eigenvalue weighted by molar-refractivity contribution is 7.89. The van der Waals surface area contributed by atoms with Gasteiger partial charge in [-0.2, -0.15) is 0 Å². The Morgan fingerprint density at radius 2 is 1.90 bits per heavy atom. The van der Waals surface area contributed by atoms with Gasteiger partial charge in [-0.3, -0.25) is 4.79 Å². The molecule has 1 amide bonds.